The van der Waals surface area contributed by atoms with Gasteiger partial charge in [-0.1, -0.05) is 66.5 Å². The van der Waals surface area contributed by atoms with E-state index in [1.807, 2.05) is 39.8 Å². The second kappa shape index (κ2) is 13.5. The van der Waals surface area contributed by atoms with E-state index in [-0.39, 0.29) is 23.4 Å². The first kappa shape index (κ1) is 31.5. The van der Waals surface area contributed by atoms with E-state index in [0.29, 0.717) is 33.3 Å². The van der Waals surface area contributed by atoms with Crippen LogP contribution >= 0.6 is 23.2 Å². The van der Waals surface area contributed by atoms with E-state index in [1.165, 1.54) is 17.0 Å². The van der Waals surface area contributed by atoms with E-state index in [9.17, 15) is 18.0 Å². The molecule has 3 aromatic carbocycles. The molecule has 1 atom stereocenters. The molecular weight excluding hydrogens is 569 g/mol. The Morgan fingerprint density at radius 3 is 2.20 bits per heavy atom. The van der Waals surface area contributed by atoms with Crippen LogP contribution in [0.1, 0.15) is 43.9 Å². The van der Waals surface area contributed by atoms with Crippen LogP contribution in [0.25, 0.3) is 0 Å². The fraction of sp³-hybridized carbons (Fsp3) is 0.333. The first-order valence-corrected chi connectivity index (χ1v) is 15.2. The zero-order valence-corrected chi connectivity index (χ0v) is 25.6. The maximum Gasteiger partial charge on any atom is 0.264 e. The fourth-order valence-corrected chi connectivity index (χ4v) is 6.17. The van der Waals surface area contributed by atoms with Gasteiger partial charge in [0.15, 0.2) is 0 Å². The van der Waals surface area contributed by atoms with E-state index in [1.54, 1.807) is 49.4 Å². The van der Waals surface area contributed by atoms with Crippen LogP contribution in [0.4, 0.5) is 5.69 Å². The lowest BCUT2D eigenvalue weighted by Gasteiger charge is -2.34. The van der Waals surface area contributed by atoms with Crippen LogP contribution in [0.2, 0.25) is 10.0 Å². The lowest BCUT2D eigenvalue weighted by molar-refractivity contribution is -0.140. The molecule has 0 saturated heterocycles. The third-order valence-electron chi connectivity index (χ3n) is 6.40. The number of carbonyl (C=O) groups excluding carboxylic acids is 2. The molecule has 2 amide bonds. The van der Waals surface area contributed by atoms with Gasteiger partial charge in [0.25, 0.3) is 10.0 Å². The van der Waals surface area contributed by atoms with Crippen molar-refractivity contribution in [3.05, 3.63) is 93.5 Å². The summed E-state index contributed by atoms with van der Waals surface area (Å²) in [6, 6.07) is 17.4. The summed E-state index contributed by atoms with van der Waals surface area (Å²) in [6.07, 6.45) is 0.320. The molecule has 0 heterocycles. The highest BCUT2D eigenvalue weighted by molar-refractivity contribution is 7.92. The molecule has 0 aromatic heterocycles. The predicted octanol–water partition coefficient (Wildman–Crippen LogP) is 6.14. The Bertz CT molecular complexity index is 1460. The third-order valence-corrected chi connectivity index (χ3v) is 8.91. The smallest absolute Gasteiger partial charge is 0.264 e. The van der Waals surface area contributed by atoms with Crippen LogP contribution in [0.15, 0.2) is 71.6 Å². The van der Waals surface area contributed by atoms with Gasteiger partial charge in [-0.15, -0.1) is 0 Å². The van der Waals surface area contributed by atoms with Gasteiger partial charge in [-0.3, -0.25) is 13.9 Å². The van der Waals surface area contributed by atoms with Gasteiger partial charge in [-0.2, -0.15) is 0 Å². The topological polar surface area (TPSA) is 86.8 Å². The summed E-state index contributed by atoms with van der Waals surface area (Å²) >= 11 is 12.3. The van der Waals surface area contributed by atoms with Crippen LogP contribution in [-0.2, 0) is 26.2 Å². The van der Waals surface area contributed by atoms with Crippen molar-refractivity contribution in [1.82, 2.24) is 10.2 Å². The number of sulfonamides is 1. The summed E-state index contributed by atoms with van der Waals surface area (Å²) < 4.78 is 29.0. The average Bonchev–Trinajstić information content (AvgIpc) is 2.90. The molecule has 0 radical (unpaired) electrons. The number of hydrogen-bond acceptors (Lipinski definition) is 4. The molecule has 1 N–H and O–H groups in total. The molecule has 0 spiro atoms. The predicted molar refractivity (Wildman–Crippen MR) is 161 cm³/mol. The number of carbonyl (C=O) groups is 2. The summed E-state index contributed by atoms with van der Waals surface area (Å²) in [5, 5.41) is 3.56. The minimum Gasteiger partial charge on any atom is -0.352 e. The van der Waals surface area contributed by atoms with E-state index in [2.05, 4.69) is 5.32 Å². The summed E-state index contributed by atoms with van der Waals surface area (Å²) in [5.74, 6) is -0.854. The molecule has 40 heavy (non-hydrogen) atoms. The fourth-order valence-electron chi connectivity index (χ4n) is 4.36. The van der Waals surface area contributed by atoms with Gasteiger partial charge < -0.3 is 10.2 Å². The van der Waals surface area contributed by atoms with Crippen LogP contribution in [0, 0.1) is 13.8 Å². The van der Waals surface area contributed by atoms with Crippen molar-refractivity contribution in [2.24, 2.45) is 0 Å². The molecule has 7 nitrogen and oxygen atoms in total. The minimum atomic E-state index is -4.13. The van der Waals surface area contributed by atoms with Crippen LogP contribution in [0.3, 0.4) is 0 Å². The van der Waals surface area contributed by atoms with Crippen molar-refractivity contribution < 1.29 is 18.0 Å². The zero-order valence-electron chi connectivity index (χ0n) is 23.3. The van der Waals surface area contributed by atoms with Gasteiger partial charge in [-0.25, -0.2) is 8.42 Å². The number of rotatable bonds is 11. The summed E-state index contributed by atoms with van der Waals surface area (Å²) in [7, 11) is -4.13. The quantitative estimate of drug-likeness (QED) is 0.285. The molecule has 10 heteroatoms. The monoisotopic (exact) mass is 603 g/mol. The zero-order chi connectivity index (χ0) is 29.6. The molecule has 3 aromatic rings. The average molecular weight is 605 g/mol. The normalized spacial score (nSPS) is 12.2. The number of nitrogens with one attached hydrogen (secondary N) is 1. The highest BCUT2D eigenvalue weighted by Gasteiger charge is 2.34. The maximum absolute atomic E-state index is 14.1. The minimum absolute atomic E-state index is 0.0335. The Balaban J connectivity index is 2.11. The molecule has 0 aliphatic rings. The second-order valence-corrected chi connectivity index (χ2v) is 12.6. The highest BCUT2D eigenvalue weighted by Crippen LogP contribution is 2.29. The standard InChI is InChI=1S/C30H35Cl2N3O4S/c1-6-27(30(37)33-20(2)3)34(18-23-14-15-25(31)26(32)17-23)29(36)19-35(28-16-21(4)12-13-22(28)5)40(38,39)24-10-8-7-9-11-24/h7-17,20,27H,6,18-19H2,1-5H3,(H,33,37). The Labute approximate surface area is 247 Å². The van der Waals surface area contributed by atoms with Crippen LogP contribution in [-0.4, -0.2) is 43.8 Å². The summed E-state index contributed by atoms with van der Waals surface area (Å²) in [5.41, 5.74) is 2.59. The number of amides is 2. The van der Waals surface area contributed by atoms with Crippen molar-refractivity contribution in [2.75, 3.05) is 10.8 Å². The number of benzene rings is 3. The number of nitrogens with zero attached hydrogens (tertiary/aromatic N) is 2. The Hall–Kier alpha value is -3.07. The third kappa shape index (κ3) is 7.56. The Morgan fingerprint density at radius 1 is 0.925 bits per heavy atom. The van der Waals surface area contributed by atoms with Gasteiger partial charge in [-0.05, 0) is 81.1 Å². The molecule has 0 fully saturated rings. The van der Waals surface area contributed by atoms with E-state index in [4.69, 9.17) is 23.2 Å². The Morgan fingerprint density at radius 2 is 1.60 bits per heavy atom. The van der Waals surface area contributed by atoms with Gasteiger partial charge in [0.1, 0.15) is 12.6 Å². The van der Waals surface area contributed by atoms with E-state index in [0.717, 1.165) is 9.87 Å². The molecule has 0 aliphatic heterocycles. The maximum atomic E-state index is 14.1. The van der Waals surface area contributed by atoms with E-state index < -0.39 is 28.5 Å². The van der Waals surface area contributed by atoms with Gasteiger partial charge in [0.2, 0.25) is 11.8 Å². The van der Waals surface area contributed by atoms with Gasteiger partial charge >= 0.3 is 0 Å². The number of anilines is 1. The lowest BCUT2D eigenvalue weighted by Crippen LogP contribution is -2.53. The first-order valence-electron chi connectivity index (χ1n) is 13.0. The van der Waals surface area contributed by atoms with E-state index >= 15 is 0 Å². The lowest BCUT2D eigenvalue weighted by atomic mass is 10.1. The SMILES string of the molecule is CCC(C(=O)NC(C)C)N(Cc1ccc(Cl)c(Cl)c1)C(=O)CN(c1cc(C)ccc1C)S(=O)(=O)c1ccccc1. The molecule has 214 valence electrons. The van der Waals surface area contributed by atoms with Crippen molar-refractivity contribution in [3.8, 4) is 0 Å². The van der Waals surface area contributed by atoms with Crippen LogP contribution < -0.4 is 9.62 Å². The van der Waals surface area contributed by atoms with Gasteiger partial charge in [0, 0.05) is 12.6 Å². The highest BCUT2D eigenvalue weighted by atomic mass is 35.5. The van der Waals surface area contributed by atoms with Crippen molar-refractivity contribution in [1.29, 1.82) is 0 Å². The van der Waals surface area contributed by atoms with Crippen molar-refractivity contribution in [3.63, 3.8) is 0 Å². The molecule has 0 bridgehead atoms. The molecular formula is C30H35Cl2N3O4S. The Kier molecular flexibility index (Phi) is 10.6. The molecule has 3 rings (SSSR count). The molecule has 0 saturated carbocycles. The van der Waals surface area contributed by atoms with Crippen molar-refractivity contribution >= 4 is 50.7 Å². The molecule has 0 aliphatic carbocycles. The largest absolute Gasteiger partial charge is 0.352 e. The summed E-state index contributed by atoms with van der Waals surface area (Å²) in [6.45, 7) is 8.67. The first-order chi connectivity index (χ1) is 18.8. The van der Waals surface area contributed by atoms with Crippen LogP contribution in [0.5, 0.6) is 0 Å². The second-order valence-electron chi connectivity index (χ2n) is 9.97. The number of aryl methyl sites for hydroxylation is 2. The van der Waals surface area contributed by atoms with Crippen molar-refractivity contribution in [2.45, 2.75) is 64.6 Å². The van der Waals surface area contributed by atoms with Gasteiger partial charge in [0.05, 0.1) is 20.6 Å². The number of halogens is 2. The summed E-state index contributed by atoms with van der Waals surface area (Å²) in [4.78, 5) is 28.8. The number of hydrogen-bond donors (Lipinski definition) is 1. The molecule has 1 unspecified atom stereocenters.